The topological polar surface area (TPSA) is 98.7 Å². The number of anilines is 1. The Balaban J connectivity index is 2.08. The summed E-state index contributed by atoms with van der Waals surface area (Å²) in [7, 11) is 0. The first-order valence-corrected chi connectivity index (χ1v) is 6.09. The lowest BCUT2D eigenvalue weighted by Gasteiger charge is -2.20. The second kappa shape index (κ2) is 4.83. The highest BCUT2D eigenvalue weighted by molar-refractivity contribution is 5.82. The zero-order chi connectivity index (χ0) is 14.0. The fraction of sp³-hybridized carbons (Fsp3) is 0.500. The number of nitrogens with two attached hydrogens (primary N) is 1. The number of carbonyl (C=O) groups excluding carboxylic acids is 1. The fourth-order valence-corrected chi connectivity index (χ4v) is 1.81. The molecule has 7 nitrogen and oxygen atoms in total. The molecule has 0 saturated heterocycles. The number of hydrogen-bond acceptors (Lipinski definition) is 5. The van der Waals surface area contributed by atoms with Crippen molar-refractivity contribution in [1.82, 2.24) is 24.8 Å². The summed E-state index contributed by atoms with van der Waals surface area (Å²) in [6, 6.07) is 0. The molecule has 3 N–H and O–H groups in total. The lowest BCUT2D eigenvalue weighted by molar-refractivity contribution is -0.122. The number of aromatic nitrogens is 4. The predicted molar refractivity (Wildman–Crippen MR) is 72.2 cm³/mol. The monoisotopic (exact) mass is 262 g/mol. The number of nitrogens with zero attached hydrogens (tertiary/aromatic N) is 4. The second-order valence-electron chi connectivity index (χ2n) is 5.42. The maximum Gasteiger partial charge on any atom is 0.222 e. The minimum atomic E-state index is -0.226. The van der Waals surface area contributed by atoms with E-state index in [1.54, 1.807) is 10.9 Å². The smallest absolute Gasteiger partial charge is 0.222 e. The summed E-state index contributed by atoms with van der Waals surface area (Å²) in [5.41, 5.74) is 6.79. The Kier molecular flexibility index (Phi) is 3.37. The standard InChI is InChI=1S/C12H18N6O/c1-12(2,3)17-8(19)4-5-18-7-16-11-9(18)10(13)14-6-15-11/h6-7H,4-5H2,1-3H3,(H,17,19)(H2,13,14,15). The van der Waals surface area contributed by atoms with Crippen LogP contribution in [0.2, 0.25) is 0 Å². The average molecular weight is 262 g/mol. The van der Waals surface area contributed by atoms with Gasteiger partial charge in [-0.15, -0.1) is 0 Å². The molecular formula is C12H18N6O. The number of nitrogens with one attached hydrogen (secondary N) is 1. The quantitative estimate of drug-likeness (QED) is 0.849. The van der Waals surface area contributed by atoms with Gasteiger partial charge in [0.1, 0.15) is 11.8 Å². The number of amides is 1. The van der Waals surface area contributed by atoms with Crippen molar-refractivity contribution in [1.29, 1.82) is 0 Å². The van der Waals surface area contributed by atoms with E-state index in [4.69, 9.17) is 5.73 Å². The van der Waals surface area contributed by atoms with E-state index < -0.39 is 0 Å². The molecule has 102 valence electrons. The Morgan fingerprint density at radius 2 is 2.11 bits per heavy atom. The first-order chi connectivity index (χ1) is 8.87. The molecule has 2 aromatic rings. The summed E-state index contributed by atoms with van der Waals surface area (Å²) in [6.07, 6.45) is 3.36. The molecular weight excluding hydrogens is 244 g/mol. The van der Waals surface area contributed by atoms with Crippen LogP contribution in [0, 0.1) is 0 Å². The van der Waals surface area contributed by atoms with E-state index in [1.807, 2.05) is 20.8 Å². The highest BCUT2D eigenvalue weighted by Gasteiger charge is 2.14. The van der Waals surface area contributed by atoms with Crippen LogP contribution in [-0.2, 0) is 11.3 Å². The van der Waals surface area contributed by atoms with Crippen LogP contribution in [0.4, 0.5) is 5.82 Å². The van der Waals surface area contributed by atoms with Crippen LogP contribution in [0.1, 0.15) is 27.2 Å². The molecule has 0 fully saturated rings. The van der Waals surface area contributed by atoms with Crippen molar-refractivity contribution in [3.8, 4) is 0 Å². The van der Waals surface area contributed by atoms with E-state index in [0.29, 0.717) is 29.9 Å². The van der Waals surface area contributed by atoms with E-state index in [9.17, 15) is 4.79 Å². The molecule has 1 amide bonds. The van der Waals surface area contributed by atoms with Crippen LogP contribution in [0.5, 0.6) is 0 Å². The maximum atomic E-state index is 11.8. The van der Waals surface area contributed by atoms with Crippen molar-refractivity contribution in [3.05, 3.63) is 12.7 Å². The van der Waals surface area contributed by atoms with Gasteiger partial charge in [0.05, 0.1) is 6.33 Å². The Hall–Kier alpha value is -2.18. The molecule has 19 heavy (non-hydrogen) atoms. The van der Waals surface area contributed by atoms with Gasteiger partial charge in [-0.2, -0.15) is 0 Å². The van der Waals surface area contributed by atoms with E-state index >= 15 is 0 Å². The van der Waals surface area contributed by atoms with Crippen molar-refractivity contribution in [2.75, 3.05) is 5.73 Å². The summed E-state index contributed by atoms with van der Waals surface area (Å²) >= 11 is 0. The zero-order valence-electron chi connectivity index (χ0n) is 11.3. The SMILES string of the molecule is CC(C)(C)NC(=O)CCn1cnc2ncnc(N)c21. The van der Waals surface area contributed by atoms with E-state index in [2.05, 4.69) is 20.3 Å². The number of hydrogen-bond donors (Lipinski definition) is 2. The molecule has 2 heterocycles. The van der Waals surface area contributed by atoms with Gasteiger partial charge in [-0.3, -0.25) is 4.79 Å². The van der Waals surface area contributed by atoms with E-state index in [0.717, 1.165) is 0 Å². The Labute approximate surface area is 111 Å². The van der Waals surface area contributed by atoms with Crippen LogP contribution in [0.3, 0.4) is 0 Å². The van der Waals surface area contributed by atoms with Crippen LogP contribution in [0.15, 0.2) is 12.7 Å². The molecule has 0 aliphatic rings. The molecule has 0 aromatic carbocycles. The summed E-state index contributed by atoms with van der Waals surface area (Å²) in [4.78, 5) is 23.9. The molecule has 7 heteroatoms. The maximum absolute atomic E-state index is 11.8. The third-order valence-electron chi connectivity index (χ3n) is 2.53. The number of fused-ring (bicyclic) bond motifs is 1. The minimum absolute atomic E-state index is 0.00947. The molecule has 0 spiro atoms. The first kappa shape index (κ1) is 13.3. The summed E-state index contributed by atoms with van der Waals surface area (Å²) < 4.78 is 1.80. The van der Waals surface area contributed by atoms with Crippen LogP contribution < -0.4 is 11.1 Å². The highest BCUT2D eigenvalue weighted by Crippen LogP contribution is 2.15. The number of aryl methyl sites for hydroxylation is 1. The number of imidazole rings is 1. The molecule has 0 atom stereocenters. The van der Waals surface area contributed by atoms with E-state index in [1.165, 1.54) is 6.33 Å². The Morgan fingerprint density at radius 3 is 2.79 bits per heavy atom. The van der Waals surface area contributed by atoms with E-state index in [-0.39, 0.29) is 11.4 Å². The van der Waals surface area contributed by atoms with Crippen molar-refractivity contribution in [3.63, 3.8) is 0 Å². The molecule has 0 radical (unpaired) electrons. The van der Waals surface area contributed by atoms with Crippen LogP contribution in [0.25, 0.3) is 11.2 Å². The van der Waals surface area contributed by atoms with Crippen molar-refractivity contribution in [2.45, 2.75) is 39.3 Å². The second-order valence-corrected chi connectivity index (χ2v) is 5.42. The Morgan fingerprint density at radius 1 is 1.37 bits per heavy atom. The van der Waals surface area contributed by atoms with Crippen molar-refractivity contribution < 1.29 is 4.79 Å². The summed E-state index contributed by atoms with van der Waals surface area (Å²) in [6.45, 7) is 6.34. The largest absolute Gasteiger partial charge is 0.382 e. The van der Waals surface area contributed by atoms with Gasteiger partial charge >= 0.3 is 0 Å². The molecule has 0 aliphatic carbocycles. The summed E-state index contributed by atoms with van der Waals surface area (Å²) in [5, 5.41) is 2.91. The predicted octanol–water partition coefficient (Wildman–Crippen LogP) is 0.713. The molecule has 0 saturated carbocycles. The van der Waals surface area contributed by atoms with Gasteiger partial charge in [-0.1, -0.05) is 0 Å². The lowest BCUT2D eigenvalue weighted by Crippen LogP contribution is -2.40. The normalized spacial score (nSPS) is 11.7. The third kappa shape index (κ3) is 3.18. The van der Waals surface area contributed by atoms with Gasteiger partial charge in [0, 0.05) is 18.5 Å². The molecule has 0 unspecified atom stereocenters. The van der Waals surface area contributed by atoms with Crippen LogP contribution in [-0.4, -0.2) is 31.0 Å². The molecule has 0 bridgehead atoms. The van der Waals surface area contributed by atoms with Gasteiger partial charge in [0.2, 0.25) is 5.91 Å². The van der Waals surface area contributed by atoms with Crippen LogP contribution >= 0.6 is 0 Å². The first-order valence-electron chi connectivity index (χ1n) is 6.09. The van der Waals surface area contributed by atoms with Crippen molar-refractivity contribution in [2.24, 2.45) is 0 Å². The van der Waals surface area contributed by atoms with Gasteiger partial charge in [-0.25, -0.2) is 15.0 Å². The summed E-state index contributed by atoms with van der Waals surface area (Å²) in [5.74, 6) is 0.364. The zero-order valence-corrected chi connectivity index (χ0v) is 11.3. The number of nitrogen functional groups attached to an aromatic ring is 1. The molecule has 2 rings (SSSR count). The lowest BCUT2D eigenvalue weighted by atomic mass is 10.1. The van der Waals surface area contributed by atoms with Gasteiger partial charge in [0.25, 0.3) is 0 Å². The minimum Gasteiger partial charge on any atom is -0.382 e. The Bertz CT molecular complexity index is 598. The fourth-order valence-electron chi connectivity index (χ4n) is 1.81. The molecule has 2 aromatic heterocycles. The number of carbonyl (C=O) groups is 1. The number of rotatable bonds is 3. The highest BCUT2D eigenvalue weighted by atomic mass is 16.1. The van der Waals surface area contributed by atoms with Crippen molar-refractivity contribution >= 4 is 22.9 Å². The van der Waals surface area contributed by atoms with Gasteiger partial charge in [-0.05, 0) is 20.8 Å². The molecule has 0 aliphatic heterocycles. The third-order valence-corrected chi connectivity index (χ3v) is 2.53. The van der Waals surface area contributed by atoms with Gasteiger partial charge in [0.15, 0.2) is 11.5 Å². The van der Waals surface area contributed by atoms with Gasteiger partial charge < -0.3 is 15.6 Å². The average Bonchev–Trinajstić information content (AvgIpc) is 2.69.